The third-order valence-electron chi connectivity index (χ3n) is 3.89. The molecule has 1 heterocycles. The van der Waals surface area contributed by atoms with Crippen LogP contribution in [0.5, 0.6) is 0 Å². The Balaban J connectivity index is 0.00000200. The summed E-state index contributed by atoms with van der Waals surface area (Å²) in [5.41, 5.74) is 5.98. The Morgan fingerprint density at radius 3 is 2.65 bits per heavy atom. The highest BCUT2D eigenvalue weighted by Gasteiger charge is 2.26. The number of rotatable bonds is 8. The molecule has 5 nitrogen and oxygen atoms in total. The SMILES string of the molecule is Cl.NC(C(=O)NCCCOCC1CC1)C1CCOCC1. The van der Waals surface area contributed by atoms with Gasteiger partial charge in [-0.05, 0) is 43.9 Å². The predicted molar refractivity (Wildman–Crippen MR) is 79.9 cm³/mol. The molecule has 1 saturated heterocycles. The third-order valence-corrected chi connectivity index (χ3v) is 3.89. The van der Waals surface area contributed by atoms with Crippen LogP contribution in [-0.2, 0) is 14.3 Å². The Morgan fingerprint density at radius 1 is 1.30 bits per heavy atom. The third kappa shape index (κ3) is 6.39. The Morgan fingerprint density at radius 2 is 2.00 bits per heavy atom. The van der Waals surface area contributed by atoms with E-state index in [4.69, 9.17) is 15.2 Å². The fourth-order valence-electron chi connectivity index (χ4n) is 2.33. The topological polar surface area (TPSA) is 73.6 Å². The van der Waals surface area contributed by atoms with Gasteiger partial charge in [-0.1, -0.05) is 0 Å². The molecule has 6 heteroatoms. The molecule has 20 heavy (non-hydrogen) atoms. The van der Waals surface area contributed by atoms with Gasteiger partial charge in [0.05, 0.1) is 6.04 Å². The van der Waals surface area contributed by atoms with Gasteiger partial charge in [-0.2, -0.15) is 0 Å². The zero-order valence-corrected chi connectivity index (χ0v) is 12.8. The van der Waals surface area contributed by atoms with E-state index in [1.807, 2.05) is 0 Å². The van der Waals surface area contributed by atoms with Gasteiger partial charge >= 0.3 is 0 Å². The van der Waals surface area contributed by atoms with Crippen LogP contribution in [0.15, 0.2) is 0 Å². The summed E-state index contributed by atoms with van der Waals surface area (Å²) in [6.45, 7) is 3.71. The van der Waals surface area contributed by atoms with Gasteiger partial charge in [0, 0.05) is 33.0 Å². The second-order valence-electron chi connectivity index (χ2n) is 5.64. The first-order valence-electron chi connectivity index (χ1n) is 7.46. The van der Waals surface area contributed by atoms with Crippen molar-refractivity contribution in [3.8, 4) is 0 Å². The number of hydrogen-bond acceptors (Lipinski definition) is 4. The van der Waals surface area contributed by atoms with Crippen molar-refractivity contribution in [3.05, 3.63) is 0 Å². The first kappa shape index (κ1) is 17.7. The molecule has 1 aliphatic heterocycles. The summed E-state index contributed by atoms with van der Waals surface area (Å²) in [4.78, 5) is 11.9. The molecule has 2 aliphatic rings. The van der Waals surface area contributed by atoms with Gasteiger partial charge in [-0.15, -0.1) is 12.4 Å². The van der Waals surface area contributed by atoms with Crippen molar-refractivity contribution in [2.24, 2.45) is 17.6 Å². The first-order valence-corrected chi connectivity index (χ1v) is 7.46. The Kier molecular flexibility index (Phi) is 8.45. The van der Waals surface area contributed by atoms with E-state index in [0.29, 0.717) is 6.54 Å². The second-order valence-corrected chi connectivity index (χ2v) is 5.64. The molecule has 0 spiro atoms. The minimum atomic E-state index is -0.392. The van der Waals surface area contributed by atoms with Crippen LogP contribution in [0.2, 0.25) is 0 Å². The van der Waals surface area contributed by atoms with Crippen molar-refractivity contribution in [2.75, 3.05) is 33.0 Å². The van der Waals surface area contributed by atoms with Gasteiger partial charge in [0.2, 0.25) is 5.91 Å². The average molecular weight is 307 g/mol. The van der Waals surface area contributed by atoms with E-state index in [2.05, 4.69) is 5.32 Å². The van der Waals surface area contributed by atoms with Gasteiger partial charge in [-0.3, -0.25) is 4.79 Å². The van der Waals surface area contributed by atoms with Crippen molar-refractivity contribution in [1.29, 1.82) is 0 Å². The van der Waals surface area contributed by atoms with Crippen LogP contribution in [0.3, 0.4) is 0 Å². The van der Waals surface area contributed by atoms with Gasteiger partial charge < -0.3 is 20.5 Å². The summed E-state index contributed by atoms with van der Waals surface area (Å²) in [5.74, 6) is 1.03. The average Bonchev–Trinajstić information content (AvgIpc) is 3.26. The lowest BCUT2D eigenvalue weighted by Gasteiger charge is -2.26. The number of carbonyl (C=O) groups is 1. The lowest BCUT2D eigenvalue weighted by Crippen LogP contribution is -2.47. The fourth-order valence-corrected chi connectivity index (χ4v) is 2.33. The van der Waals surface area contributed by atoms with Crippen molar-refractivity contribution in [1.82, 2.24) is 5.32 Å². The van der Waals surface area contributed by atoms with Gasteiger partial charge in [0.1, 0.15) is 0 Å². The predicted octanol–water partition coefficient (Wildman–Crippen LogP) is 1.09. The number of nitrogens with one attached hydrogen (secondary N) is 1. The normalized spacial score (nSPS) is 21.1. The van der Waals surface area contributed by atoms with Crippen LogP contribution in [0.4, 0.5) is 0 Å². The van der Waals surface area contributed by atoms with Crippen LogP contribution in [0.25, 0.3) is 0 Å². The van der Waals surface area contributed by atoms with E-state index < -0.39 is 6.04 Å². The van der Waals surface area contributed by atoms with Gasteiger partial charge in [0.15, 0.2) is 0 Å². The second kappa shape index (κ2) is 9.55. The molecule has 0 aromatic carbocycles. The maximum Gasteiger partial charge on any atom is 0.237 e. The van der Waals surface area contributed by atoms with Gasteiger partial charge in [-0.25, -0.2) is 0 Å². The highest BCUT2D eigenvalue weighted by Crippen LogP contribution is 2.28. The summed E-state index contributed by atoms with van der Waals surface area (Å²) >= 11 is 0. The smallest absolute Gasteiger partial charge is 0.237 e. The summed E-state index contributed by atoms with van der Waals surface area (Å²) < 4.78 is 10.8. The summed E-state index contributed by atoms with van der Waals surface area (Å²) in [5, 5.41) is 2.90. The number of carbonyl (C=O) groups excluding carboxylic acids is 1. The van der Waals surface area contributed by atoms with E-state index >= 15 is 0 Å². The number of ether oxygens (including phenoxy) is 2. The lowest BCUT2D eigenvalue weighted by atomic mass is 9.92. The van der Waals surface area contributed by atoms with Crippen molar-refractivity contribution in [3.63, 3.8) is 0 Å². The zero-order chi connectivity index (χ0) is 13.5. The van der Waals surface area contributed by atoms with Gasteiger partial charge in [0.25, 0.3) is 0 Å². The molecule has 0 aromatic rings. The zero-order valence-electron chi connectivity index (χ0n) is 12.0. The van der Waals surface area contributed by atoms with Crippen molar-refractivity contribution >= 4 is 18.3 Å². The Hall–Kier alpha value is -0.360. The first-order chi connectivity index (χ1) is 9.27. The molecule has 2 rings (SSSR count). The molecule has 1 unspecified atom stereocenters. The molecule has 1 saturated carbocycles. The minimum Gasteiger partial charge on any atom is -0.381 e. The molecule has 1 amide bonds. The van der Waals surface area contributed by atoms with E-state index in [1.54, 1.807) is 0 Å². The number of nitrogens with two attached hydrogens (primary N) is 1. The molecule has 2 fully saturated rings. The van der Waals surface area contributed by atoms with Crippen molar-refractivity contribution in [2.45, 2.75) is 38.1 Å². The van der Waals surface area contributed by atoms with Crippen LogP contribution >= 0.6 is 12.4 Å². The fraction of sp³-hybridized carbons (Fsp3) is 0.929. The monoisotopic (exact) mass is 306 g/mol. The summed E-state index contributed by atoms with van der Waals surface area (Å²) in [7, 11) is 0. The van der Waals surface area contributed by atoms with E-state index in [0.717, 1.165) is 51.6 Å². The molecule has 3 N–H and O–H groups in total. The molecule has 0 aromatic heterocycles. The quantitative estimate of drug-likeness (QED) is 0.659. The Labute approximate surface area is 127 Å². The molecule has 1 atom stereocenters. The number of amides is 1. The van der Waals surface area contributed by atoms with Crippen LogP contribution < -0.4 is 11.1 Å². The molecular weight excluding hydrogens is 280 g/mol. The Bertz CT molecular complexity index is 282. The largest absolute Gasteiger partial charge is 0.381 e. The molecule has 0 bridgehead atoms. The van der Waals surface area contributed by atoms with Crippen LogP contribution in [-0.4, -0.2) is 44.9 Å². The number of hydrogen-bond donors (Lipinski definition) is 2. The van der Waals surface area contributed by atoms with Crippen LogP contribution in [0, 0.1) is 11.8 Å². The standard InChI is InChI=1S/C14H26N2O3.ClH/c15-13(12-4-8-18-9-5-12)14(17)16-6-1-7-19-10-11-2-3-11;/h11-13H,1-10,15H2,(H,16,17);1H. The highest BCUT2D eigenvalue weighted by atomic mass is 35.5. The maximum atomic E-state index is 11.9. The summed E-state index contributed by atoms with van der Waals surface area (Å²) in [6.07, 6.45) is 5.27. The maximum absolute atomic E-state index is 11.9. The lowest BCUT2D eigenvalue weighted by molar-refractivity contribution is -0.124. The molecular formula is C14H27ClN2O3. The summed E-state index contributed by atoms with van der Waals surface area (Å²) in [6, 6.07) is -0.392. The van der Waals surface area contributed by atoms with E-state index in [9.17, 15) is 4.79 Å². The van der Waals surface area contributed by atoms with E-state index in [-0.39, 0.29) is 24.2 Å². The molecule has 1 aliphatic carbocycles. The van der Waals surface area contributed by atoms with E-state index in [1.165, 1.54) is 12.8 Å². The number of halogens is 1. The molecule has 118 valence electrons. The minimum absolute atomic E-state index is 0. The molecule has 0 radical (unpaired) electrons. The highest BCUT2D eigenvalue weighted by molar-refractivity contribution is 5.85. The van der Waals surface area contributed by atoms with Crippen molar-refractivity contribution < 1.29 is 14.3 Å². The van der Waals surface area contributed by atoms with Crippen LogP contribution in [0.1, 0.15) is 32.1 Å².